The molecule has 0 radical (unpaired) electrons. The van der Waals surface area contributed by atoms with Gasteiger partial charge in [-0.25, -0.2) is 0 Å². The lowest BCUT2D eigenvalue weighted by atomic mass is 9.63. The second-order valence-corrected chi connectivity index (χ2v) is 16.8. The smallest absolute Gasteiger partial charge is 0.0641 e. The van der Waals surface area contributed by atoms with Gasteiger partial charge in [-0.2, -0.15) is 0 Å². The van der Waals surface area contributed by atoms with Crippen molar-refractivity contribution in [1.82, 2.24) is 9.13 Å². The Hall–Kier alpha value is -6.12. The van der Waals surface area contributed by atoms with E-state index in [2.05, 4.69) is 195 Å². The number of fused-ring (bicyclic) bond motifs is 11. The van der Waals surface area contributed by atoms with Crippen molar-refractivity contribution in [3.8, 4) is 22.5 Å². The molecule has 8 aromatic carbocycles. The van der Waals surface area contributed by atoms with Gasteiger partial charge in [0, 0.05) is 38.3 Å². The van der Waals surface area contributed by atoms with Gasteiger partial charge in [-0.3, -0.25) is 0 Å². The van der Waals surface area contributed by atoms with Crippen LogP contribution in [-0.2, 0) is 10.8 Å². The van der Waals surface area contributed by atoms with E-state index in [-0.39, 0.29) is 10.8 Å². The van der Waals surface area contributed by atoms with E-state index in [1.54, 1.807) is 0 Å². The van der Waals surface area contributed by atoms with Gasteiger partial charge >= 0.3 is 0 Å². The van der Waals surface area contributed by atoms with Gasteiger partial charge in [0.2, 0.25) is 0 Å². The van der Waals surface area contributed by atoms with Gasteiger partial charge in [-0.1, -0.05) is 137 Å². The molecule has 10 aromatic rings. The van der Waals surface area contributed by atoms with Crippen molar-refractivity contribution in [3.05, 3.63) is 169 Å². The molecule has 1 aliphatic carbocycles. The van der Waals surface area contributed by atoms with Crippen LogP contribution >= 0.6 is 0 Å². The van der Waals surface area contributed by atoms with E-state index in [4.69, 9.17) is 0 Å². The number of hydrogen-bond donors (Lipinski definition) is 0. The van der Waals surface area contributed by atoms with Gasteiger partial charge in [-0.15, -0.1) is 0 Å². The molecule has 0 aliphatic heterocycles. The maximum atomic E-state index is 2.58. The molecule has 2 aromatic heterocycles. The number of hydrogen-bond acceptors (Lipinski definition) is 0. The fraction of sp³-hybridized carbons (Fsp3) is 0.154. The van der Waals surface area contributed by atoms with Crippen LogP contribution < -0.4 is 0 Å². The largest absolute Gasteiger partial charge is 0.309 e. The molecule has 0 saturated carbocycles. The lowest BCUT2D eigenvalue weighted by Crippen LogP contribution is -2.33. The van der Waals surface area contributed by atoms with Crippen LogP contribution in [0.4, 0.5) is 0 Å². The predicted octanol–water partition coefficient (Wildman–Crippen LogP) is 14.2. The fourth-order valence-electron chi connectivity index (χ4n) is 9.71. The third kappa shape index (κ3) is 4.46. The zero-order valence-corrected chi connectivity index (χ0v) is 31.3. The Balaban J connectivity index is 1.28. The maximum absolute atomic E-state index is 2.58. The Morgan fingerprint density at radius 1 is 0.389 bits per heavy atom. The summed E-state index contributed by atoms with van der Waals surface area (Å²) in [7, 11) is 0. The standard InChI is InChI=1S/C52H42N2/c1-51(2)28-29-52(3,4)45-32-47-43(31-44(45)51)41-26-27-46-48(42-25-22-35-13-10-11-17-40(35)49(42)53(46)38-15-6-5-7-16-38)50(41)54(47)39-23-20-34(21-24-39)37-19-18-33-12-8-9-14-36(33)30-37/h5-27,30-32H,28-29H2,1-4H3. The second kappa shape index (κ2) is 11.2. The average Bonchev–Trinajstić information content (AvgIpc) is 3.72. The van der Waals surface area contributed by atoms with E-state index in [0.29, 0.717) is 0 Å². The molecule has 0 fully saturated rings. The lowest BCUT2D eigenvalue weighted by Gasteiger charge is -2.42. The molecule has 1 aliphatic rings. The minimum Gasteiger partial charge on any atom is -0.309 e. The minimum absolute atomic E-state index is 0.0951. The first-order chi connectivity index (χ1) is 26.3. The van der Waals surface area contributed by atoms with Crippen molar-refractivity contribution >= 4 is 65.2 Å². The zero-order chi connectivity index (χ0) is 36.3. The molecule has 2 heteroatoms. The Bertz CT molecular complexity index is 3130. The highest BCUT2D eigenvalue weighted by Crippen LogP contribution is 2.50. The minimum atomic E-state index is 0.0951. The highest BCUT2D eigenvalue weighted by Gasteiger charge is 2.38. The SMILES string of the molecule is CC1(C)CCC(C)(C)c2cc3c(cc21)c1ccc2c(c4ccc5ccccc5c4n2-c2ccccc2)c1n3-c1ccc(-c2ccc3ccccc3c2)cc1. The van der Waals surface area contributed by atoms with Gasteiger partial charge in [0.25, 0.3) is 0 Å². The van der Waals surface area contributed by atoms with E-state index in [0.717, 1.165) is 0 Å². The van der Waals surface area contributed by atoms with Gasteiger partial charge in [0.05, 0.1) is 22.1 Å². The van der Waals surface area contributed by atoms with Crippen LogP contribution in [0.25, 0.3) is 87.7 Å². The molecule has 0 bridgehead atoms. The highest BCUT2D eigenvalue weighted by atomic mass is 15.0. The van der Waals surface area contributed by atoms with Gasteiger partial charge in [-0.05, 0) is 111 Å². The Labute approximate surface area is 315 Å². The summed E-state index contributed by atoms with van der Waals surface area (Å²) in [6, 6.07) is 59.0. The summed E-state index contributed by atoms with van der Waals surface area (Å²) >= 11 is 0. The summed E-state index contributed by atoms with van der Waals surface area (Å²) in [5.74, 6) is 0. The van der Waals surface area contributed by atoms with Crippen molar-refractivity contribution in [2.24, 2.45) is 0 Å². The van der Waals surface area contributed by atoms with E-state index in [1.165, 1.54) is 112 Å². The van der Waals surface area contributed by atoms with Crippen LogP contribution in [0.15, 0.2) is 158 Å². The van der Waals surface area contributed by atoms with E-state index >= 15 is 0 Å². The summed E-state index contributed by atoms with van der Waals surface area (Å²) in [5, 5.41) is 10.3. The summed E-state index contributed by atoms with van der Waals surface area (Å²) in [6.45, 7) is 9.76. The van der Waals surface area contributed by atoms with Crippen LogP contribution in [0.5, 0.6) is 0 Å². The van der Waals surface area contributed by atoms with E-state index < -0.39 is 0 Å². The quantitative estimate of drug-likeness (QED) is 0.174. The Kier molecular flexibility index (Phi) is 6.51. The molecule has 0 amide bonds. The van der Waals surface area contributed by atoms with Crippen LogP contribution in [0, 0.1) is 0 Å². The lowest BCUT2D eigenvalue weighted by molar-refractivity contribution is 0.332. The van der Waals surface area contributed by atoms with Gasteiger partial charge in [0.15, 0.2) is 0 Å². The van der Waals surface area contributed by atoms with Crippen LogP contribution in [-0.4, -0.2) is 9.13 Å². The molecule has 0 N–H and O–H groups in total. The zero-order valence-electron chi connectivity index (χ0n) is 31.3. The predicted molar refractivity (Wildman–Crippen MR) is 231 cm³/mol. The van der Waals surface area contributed by atoms with Crippen LogP contribution in [0.3, 0.4) is 0 Å². The van der Waals surface area contributed by atoms with Gasteiger partial charge in [0.1, 0.15) is 0 Å². The first-order valence-electron chi connectivity index (χ1n) is 19.4. The third-order valence-corrected chi connectivity index (χ3v) is 12.7. The first kappa shape index (κ1) is 31.4. The molecule has 2 heterocycles. The van der Waals surface area contributed by atoms with Crippen molar-refractivity contribution in [2.75, 3.05) is 0 Å². The Morgan fingerprint density at radius 2 is 0.981 bits per heavy atom. The van der Waals surface area contributed by atoms with Crippen LogP contribution in [0.2, 0.25) is 0 Å². The third-order valence-electron chi connectivity index (χ3n) is 12.7. The number of benzene rings is 8. The summed E-state index contributed by atoms with van der Waals surface area (Å²) in [6.07, 6.45) is 2.37. The summed E-state index contributed by atoms with van der Waals surface area (Å²) < 4.78 is 5.08. The topological polar surface area (TPSA) is 9.86 Å². The number of para-hydroxylation sites is 1. The van der Waals surface area contributed by atoms with Gasteiger partial charge < -0.3 is 9.13 Å². The average molecular weight is 695 g/mol. The van der Waals surface area contributed by atoms with Crippen molar-refractivity contribution in [3.63, 3.8) is 0 Å². The van der Waals surface area contributed by atoms with Crippen molar-refractivity contribution < 1.29 is 0 Å². The molecular weight excluding hydrogens is 653 g/mol. The molecule has 0 spiro atoms. The fourth-order valence-corrected chi connectivity index (χ4v) is 9.71. The number of rotatable bonds is 3. The maximum Gasteiger partial charge on any atom is 0.0641 e. The Morgan fingerprint density at radius 3 is 1.76 bits per heavy atom. The molecular formula is C52H42N2. The molecule has 0 atom stereocenters. The normalized spacial score (nSPS) is 15.2. The first-order valence-corrected chi connectivity index (χ1v) is 19.4. The van der Waals surface area contributed by atoms with E-state index in [1.807, 2.05) is 0 Å². The molecule has 54 heavy (non-hydrogen) atoms. The molecule has 260 valence electrons. The second-order valence-electron chi connectivity index (χ2n) is 16.8. The molecule has 2 nitrogen and oxygen atoms in total. The molecule has 11 rings (SSSR count). The summed E-state index contributed by atoms with van der Waals surface area (Å²) in [4.78, 5) is 0. The number of aromatic nitrogens is 2. The number of nitrogens with zero attached hydrogens (tertiary/aromatic N) is 2. The van der Waals surface area contributed by atoms with Crippen LogP contribution in [0.1, 0.15) is 51.7 Å². The molecule has 0 saturated heterocycles. The summed E-state index contributed by atoms with van der Waals surface area (Å²) in [5.41, 5.74) is 13.0. The molecule has 0 unspecified atom stereocenters. The van der Waals surface area contributed by atoms with E-state index in [9.17, 15) is 0 Å². The van der Waals surface area contributed by atoms with Crippen molar-refractivity contribution in [1.29, 1.82) is 0 Å². The monoisotopic (exact) mass is 694 g/mol. The van der Waals surface area contributed by atoms with Crippen molar-refractivity contribution in [2.45, 2.75) is 51.4 Å². The highest BCUT2D eigenvalue weighted by molar-refractivity contribution is 6.29.